The fourth-order valence-corrected chi connectivity index (χ4v) is 3.24. The van der Waals surface area contributed by atoms with Crippen molar-refractivity contribution in [2.75, 3.05) is 11.4 Å². The van der Waals surface area contributed by atoms with E-state index in [1.165, 1.54) is 10.7 Å². The third-order valence-corrected chi connectivity index (χ3v) is 4.28. The number of carbonyl (C=O) groups is 1. The molecule has 0 amide bonds. The van der Waals surface area contributed by atoms with Crippen LogP contribution in [-0.4, -0.2) is 42.4 Å². The first-order chi connectivity index (χ1) is 11.3. The lowest BCUT2D eigenvalue weighted by Crippen LogP contribution is -2.34. The molecule has 23 heavy (non-hydrogen) atoms. The molecule has 0 saturated carbocycles. The molecular formula is C15H16N6O2. The molecule has 1 atom stereocenters. The molecule has 0 bridgehead atoms. The minimum absolute atomic E-state index is 0.0591. The number of anilines is 1. The van der Waals surface area contributed by atoms with Crippen LogP contribution in [0.3, 0.4) is 0 Å². The second-order valence-corrected chi connectivity index (χ2v) is 5.62. The highest BCUT2D eigenvalue weighted by molar-refractivity contribution is 5.87. The van der Waals surface area contributed by atoms with E-state index in [0.29, 0.717) is 5.52 Å². The van der Waals surface area contributed by atoms with E-state index in [9.17, 15) is 9.90 Å². The molecule has 3 aromatic heterocycles. The first-order valence-electron chi connectivity index (χ1n) is 7.57. The Morgan fingerprint density at radius 1 is 1.30 bits per heavy atom. The molecule has 4 heterocycles. The van der Waals surface area contributed by atoms with Crippen LogP contribution in [0.1, 0.15) is 41.5 Å². The van der Waals surface area contributed by atoms with E-state index in [2.05, 4.69) is 25.2 Å². The minimum atomic E-state index is -1.04. The van der Waals surface area contributed by atoms with Crippen molar-refractivity contribution in [1.29, 1.82) is 0 Å². The number of piperidine rings is 1. The predicted octanol–water partition coefficient (Wildman–Crippen LogP) is 1.88. The van der Waals surface area contributed by atoms with Gasteiger partial charge in [0.2, 0.25) is 0 Å². The minimum Gasteiger partial charge on any atom is -0.476 e. The van der Waals surface area contributed by atoms with Gasteiger partial charge in [-0.3, -0.25) is 5.10 Å². The van der Waals surface area contributed by atoms with Crippen LogP contribution in [0.25, 0.3) is 5.52 Å². The quantitative estimate of drug-likeness (QED) is 0.766. The Bertz CT molecular complexity index is 841. The zero-order chi connectivity index (χ0) is 15.8. The highest BCUT2D eigenvalue weighted by Gasteiger charge is 2.28. The number of H-pyrrole nitrogens is 1. The van der Waals surface area contributed by atoms with Gasteiger partial charge in [-0.15, -0.1) is 0 Å². The molecule has 0 aromatic carbocycles. The number of hydrogen-bond acceptors (Lipinski definition) is 5. The van der Waals surface area contributed by atoms with E-state index in [-0.39, 0.29) is 11.7 Å². The topological polar surface area (TPSA) is 99.4 Å². The Morgan fingerprint density at radius 3 is 3.00 bits per heavy atom. The number of carboxylic acids is 1. The van der Waals surface area contributed by atoms with E-state index < -0.39 is 5.97 Å². The summed E-state index contributed by atoms with van der Waals surface area (Å²) in [6.07, 6.45) is 7.94. The van der Waals surface area contributed by atoms with Crippen molar-refractivity contribution in [2.45, 2.75) is 25.3 Å². The van der Waals surface area contributed by atoms with Crippen molar-refractivity contribution < 1.29 is 9.90 Å². The van der Waals surface area contributed by atoms with Crippen molar-refractivity contribution in [3.63, 3.8) is 0 Å². The van der Waals surface area contributed by atoms with Crippen LogP contribution >= 0.6 is 0 Å². The van der Waals surface area contributed by atoms with E-state index >= 15 is 0 Å². The fraction of sp³-hybridized carbons (Fsp3) is 0.333. The third-order valence-electron chi connectivity index (χ3n) is 4.28. The number of nitrogens with one attached hydrogen (secondary N) is 1. The molecule has 118 valence electrons. The summed E-state index contributed by atoms with van der Waals surface area (Å²) in [5.41, 5.74) is 1.81. The molecule has 0 aliphatic carbocycles. The number of carboxylic acid groups (broad SMARTS) is 1. The van der Waals surface area contributed by atoms with Crippen molar-refractivity contribution in [3.05, 3.63) is 42.1 Å². The van der Waals surface area contributed by atoms with Crippen molar-refractivity contribution >= 4 is 17.3 Å². The molecule has 1 aliphatic rings. The van der Waals surface area contributed by atoms with Crippen molar-refractivity contribution in [2.24, 2.45) is 0 Å². The van der Waals surface area contributed by atoms with Gasteiger partial charge in [0.25, 0.3) is 0 Å². The summed E-state index contributed by atoms with van der Waals surface area (Å²) in [6, 6.07) is 3.93. The third kappa shape index (κ3) is 2.23. The number of aromatic nitrogens is 5. The van der Waals surface area contributed by atoms with Crippen LogP contribution in [0.2, 0.25) is 0 Å². The first kappa shape index (κ1) is 13.7. The maximum absolute atomic E-state index is 11.3. The zero-order valence-electron chi connectivity index (χ0n) is 12.4. The molecule has 0 spiro atoms. The van der Waals surface area contributed by atoms with Crippen LogP contribution < -0.4 is 4.90 Å². The monoisotopic (exact) mass is 312 g/mol. The maximum Gasteiger partial charge on any atom is 0.356 e. The summed E-state index contributed by atoms with van der Waals surface area (Å²) in [4.78, 5) is 18.0. The molecule has 1 unspecified atom stereocenters. The molecule has 8 heteroatoms. The van der Waals surface area contributed by atoms with E-state index in [1.54, 1.807) is 18.5 Å². The standard InChI is InChI=1S/C15H16N6O2/c22-15(23)13-9-16-14(12-5-7-18-21(12)13)20-8-2-1-3-11(20)10-4-6-17-19-10/h4-7,9,11H,1-3,8H2,(H,17,19)(H,22,23). The Labute approximate surface area is 131 Å². The summed E-state index contributed by atoms with van der Waals surface area (Å²) in [6.45, 7) is 0.865. The SMILES string of the molecule is O=C(O)c1cnc(N2CCCCC2c2ccn[nH]2)c2ccnn12. The van der Waals surface area contributed by atoms with Gasteiger partial charge in [-0.2, -0.15) is 10.2 Å². The normalized spacial score (nSPS) is 18.4. The van der Waals surface area contributed by atoms with Gasteiger partial charge in [0.15, 0.2) is 11.5 Å². The highest BCUT2D eigenvalue weighted by Crippen LogP contribution is 2.35. The molecular weight excluding hydrogens is 296 g/mol. The first-order valence-corrected chi connectivity index (χ1v) is 7.57. The van der Waals surface area contributed by atoms with Crippen LogP contribution in [0, 0.1) is 0 Å². The van der Waals surface area contributed by atoms with Crippen LogP contribution in [0.5, 0.6) is 0 Å². The number of aromatic carboxylic acids is 1. The number of aromatic amines is 1. The number of rotatable bonds is 3. The largest absolute Gasteiger partial charge is 0.476 e. The summed E-state index contributed by atoms with van der Waals surface area (Å²) < 4.78 is 1.43. The molecule has 2 N–H and O–H groups in total. The summed E-state index contributed by atoms with van der Waals surface area (Å²) in [5.74, 6) is -0.284. The Hall–Kier alpha value is -2.90. The fourth-order valence-electron chi connectivity index (χ4n) is 3.24. The molecule has 4 rings (SSSR count). The Morgan fingerprint density at radius 2 is 2.22 bits per heavy atom. The van der Waals surface area contributed by atoms with Gasteiger partial charge in [0.1, 0.15) is 5.52 Å². The second-order valence-electron chi connectivity index (χ2n) is 5.62. The van der Waals surface area contributed by atoms with Crippen molar-refractivity contribution in [3.8, 4) is 0 Å². The van der Waals surface area contributed by atoms with Gasteiger partial charge in [-0.25, -0.2) is 14.3 Å². The van der Waals surface area contributed by atoms with Gasteiger partial charge in [-0.05, 0) is 31.4 Å². The van der Waals surface area contributed by atoms with Crippen molar-refractivity contribution in [1.82, 2.24) is 24.8 Å². The summed E-state index contributed by atoms with van der Waals surface area (Å²) in [7, 11) is 0. The maximum atomic E-state index is 11.3. The highest BCUT2D eigenvalue weighted by atomic mass is 16.4. The van der Waals surface area contributed by atoms with Crippen LogP contribution in [0.15, 0.2) is 30.7 Å². The number of hydrogen-bond donors (Lipinski definition) is 2. The van der Waals surface area contributed by atoms with Gasteiger partial charge in [0, 0.05) is 12.7 Å². The average Bonchev–Trinajstić information content (AvgIpc) is 3.25. The second kappa shape index (κ2) is 5.38. The van der Waals surface area contributed by atoms with Gasteiger partial charge in [0.05, 0.1) is 24.1 Å². The van der Waals surface area contributed by atoms with E-state index in [1.807, 2.05) is 6.07 Å². The lowest BCUT2D eigenvalue weighted by molar-refractivity contribution is 0.0687. The molecule has 1 saturated heterocycles. The smallest absolute Gasteiger partial charge is 0.356 e. The predicted molar refractivity (Wildman–Crippen MR) is 82.5 cm³/mol. The lowest BCUT2D eigenvalue weighted by atomic mass is 9.99. The summed E-state index contributed by atoms with van der Waals surface area (Å²) >= 11 is 0. The average molecular weight is 312 g/mol. The molecule has 3 aromatic rings. The number of nitrogens with zero attached hydrogens (tertiary/aromatic N) is 5. The molecule has 1 fully saturated rings. The van der Waals surface area contributed by atoms with Crippen LogP contribution in [0.4, 0.5) is 5.82 Å². The zero-order valence-corrected chi connectivity index (χ0v) is 12.4. The Kier molecular flexibility index (Phi) is 3.22. The van der Waals surface area contributed by atoms with Gasteiger partial charge < -0.3 is 10.0 Å². The molecule has 0 radical (unpaired) electrons. The number of fused-ring (bicyclic) bond motifs is 1. The molecule has 1 aliphatic heterocycles. The lowest BCUT2D eigenvalue weighted by Gasteiger charge is -2.36. The summed E-state index contributed by atoms with van der Waals surface area (Å²) in [5, 5.41) is 20.5. The van der Waals surface area contributed by atoms with Crippen LogP contribution in [-0.2, 0) is 0 Å². The van der Waals surface area contributed by atoms with Gasteiger partial charge >= 0.3 is 5.97 Å². The van der Waals surface area contributed by atoms with E-state index in [0.717, 1.165) is 37.3 Å². The Balaban J connectivity index is 1.82. The van der Waals surface area contributed by atoms with Gasteiger partial charge in [-0.1, -0.05) is 0 Å². The molecule has 8 nitrogen and oxygen atoms in total. The van der Waals surface area contributed by atoms with E-state index in [4.69, 9.17) is 0 Å².